The average Bonchev–Trinajstić information content (AvgIpc) is 3.73. The van der Waals surface area contributed by atoms with Crippen molar-refractivity contribution in [2.45, 2.75) is 66.4 Å². The summed E-state index contributed by atoms with van der Waals surface area (Å²) in [6.07, 6.45) is 8.31. The fourth-order valence-electron chi connectivity index (χ4n) is 4.41. The minimum atomic E-state index is -1.45. The van der Waals surface area contributed by atoms with Crippen LogP contribution in [-0.2, 0) is 4.74 Å². The second-order valence-electron chi connectivity index (χ2n) is 10.5. The maximum absolute atomic E-state index is 12.4. The smallest absolute Gasteiger partial charge is 0.410 e. The van der Waals surface area contributed by atoms with Gasteiger partial charge in [-0.3, -0.25) is 4.99 Å². The van der Waals surface area contributed by atoms with Gasteiger partial charge in [-0.1, -0.05) is 32.2 Å². The quantitative estimate of drug-likeness (QED) is 0.199. The highest BCUT2D eigenvalue weighted by Crippen LogP contribution is 2.42. The van der Waals surface area contributed by atoms with Crippen LogP contribution in [0.1, 0.15) is 66.4 Å². The van der Waals surface area contributed by atoms with Gasteiger partial charge in [0.05, 0.1) is 0 Å². The fraction of sp³-hybridized carbons (Fsp3) is 0.484. The lowest BCUT2D eigenvalue weighted by Crippen LogP contribution is -2.49. The molecule has 39 heavy (non-hydrogen) atoms. The lowest BCUT2D eigenvalue weighted by atomic mass is 9.93. The number of allylic oxidation sites excluding steroid dienone is 4. The molecule has 0 N–H and O–H groups in total. The Balaban J connectivity index is 0.000000404. The van der Waals surface area contributed by atoms with E-state index in [1.165, 1.54) is 35.8 Å². The van der Waals surface area contributed by atoms with Crippen molar-refractivity contribution in [3.8, 4) is 0 Å². The molecule has 1 aliphatic carbocycles. The van der Waals surface area contributed by atoms with Crippen molar-refractivity contribution < 1.29 is 22.7 Å². The molecule has 0 radical (unpaired) electrons. The zero-order valence-corrected chi connectivity index (χ0v) is 24.1. The summed E-state index contributed by atoms with van der Waals surface area (Å²) in [4.78, 5) is 21.1. The SMILES string of the molecule is C=CN=C(CC)C(/C(=C\C)C1CC1)=C(\C)N1CCN(C(=O)OC(C)(C)C)CC1.C=Cc1cc(F)c(F)c(F)c1. The molecule has 0 aromatic heterocycles. The van der Waals surface area contributed by atoms with Crippen molar-refractivity contribution >= 4 is 17.9 Å². The summed E-state index contributed by atoms with van der Waals surface area (Å²) in [6.45, 7) is 22.2. The van der Waals surface area contributed by atoms with E-state index in [0.29, 0.717) is 19.0 Å². The number of hydrogen-bond acceptors (Lipinski definition) is 4. The Hall–Kier alpha value is -3.29. The zero-order chi connectivity index (χ0) is 29.3. The summed E-state index contributed by atoms with van der Waals surface area (Å²) >= 11 is 0. The molecule has 1 saturated heterocycles. The number of hydrogen-bond donors (Lipinski definition) is 0. The van der Waals surface area contributed by atoms with Gasteiger partial charge in [0, 0.05) is 49.4 Å². The number of halogens is 3. The highest BCUT2D eigenvalue weighted by atomic mass is 19.2. The third-order valence-electron chi connectivity index (χ3n) is 6.50. The molecule has 1 aliphatic heterocycles. The van der Waals surface area contributed by atoms with E-state index in [9.17, 15) is 18.0 Å². The molecule has 1 aromatic carbocycles. The monoisotopic (exact) mass is 545 g/mol. The number of benzene rings is 1. The number of nitrogens with zero attached hydrogens (tertiary/aromatic N) is 3. The van der Waals surface area contributed by atoms with Gasteiger partial charge in [0.25, 0.3) is 0 Å². The van der Waals surface area contributed by atoms with E-state index in [0.717, 1.165) is 37.4 Å². The number of carbonyl (C=O) groups is 1. The topological polar surface area (TPSA) is 45.1 Å². The summed E-state index contributed by atoms with van der Waals surface area (Å²) in [5.74, 6) is -3.19. The molecular weight excluding hydrogens is 503 g/mol. The normalized spacial score (nSPS) is 17.2. The van der Waals surface area contributed by atoms with E-state index >= 15 is 0 Å². The maximum Gasteiger partial charge on any atom is 0.410 e. The van der Waals surface area contributed by atoms with Gasteiger partial charge in [-0.25, -0.2) is 18.0 Å². The van der Waals surface area contributed by atoms with Crippen LogP contribution >= 0.6 is 0 Å². The highest BCUT2D eigenvalue weighted by Gasteiger charge is 2.32. The molecule has 2 fully saturated rings. The fourth-order valence-corrected chi connectivity index (χ4v) is 4.41. The van der Waals surface area contributed by atoms with Crippen molar-refractivity contribution in [3.63, 3.8) is 0 Å². The Bertz CT molecular complexity index is 1110. The Kier molecular flexibility index (Phi) is 11.6. The molecule has 0 unspecified atom stereocenters. The van der Waals surface area contributed by atoms with Crippen LogP contribution in [0.5, 0.6) is 0 Å². The lowest BCUT2D eigenvalue weighted by Gasteiger charge is -2.38. The Morgan fingerprint density at radius 2 is 1.62 bits per heavy atom. The molecule has 8 heteroatoms. The van der Waals surface area contributed by atoms with Crippen LogP contribution in [0.4, 0.5) is 18.0 Å². The van der Waals surface area contributed by atoms with Gasteiger partial charge >= 0.3 is 6.09 Å². The summed E-state index contributed by atoms with van der Waals surface area (Å²) < 4.78 is 42.5. The van der Waals surface area contributed by atoms with Gasteiger partial charge in [0.15, 0.2) is 17.5 Å². The molecule has 1 heterocycles. The Morgan fingerprint density at radius 1 is 1.08 bits per heavy atom. The van der Waals surface area contributed by atoms with Gasteiger partial charge in [0.2, 0.25) is 0 Å². The minimum Gasteiger partial charge on any atom is -0.444 e. The summed E-state index contributed by atoms with van der Waals surface area (Å²) in [6, 6.07) is 1.76. The van der Waals surface area contributed by atoms with Gasteiger partial charge < -0.3 is 14.5 Å². The summed E-state index contributed by atoms with van der Waals surface area (Å²) in [7, 11) is 0. The molecule has 1 aromatic rings. The van der Waals surface area contributed by atoms with Crippen LogP contribution in [-0.4, -0.2) is 53.4 Å². The predicted molar refractivity (Wildman–Crippen MR) is 153 cm³/mol. The molecule has 214 valence electrons. The second kappa shape index (κ2) is 14.2. The van der Waals surface area contributed by atoms with Crippen LogP contribution in [0.25, 0.3) is 6.08 Å². The standard InChI is InChI=1S/C23H37N3O2.C8H5F3/c1-8-19(18-11-12-18)21(20(9-2)24-10-3)17(4)25-13-15-26(16-14-25)22(27)28-23(5,6)7;1-2-5-3-6(9)8(11)7(10)4-5/h8,10,18H,3,9,11-16H2,1-2,4-7H3;2-4H,1H2/b19-8-,21-17+,24-20?;. The molecule has 0 atom stereocenters. The molecule has 1 saturated carbocycles. The van der Waals surface area contributed by atoms with Gasteiger partial charge in [-0.15, -0.1) is 0 Å². The van der Waals surface area contributed by atoms with Crippen molar-refractivity contribution in [3.05, 3.63) is 77.4 Å². The molecule has 5 nitrogen and oxygen atoms in total. The number of aliphatic imine (C=N–C) groups is 1. The summed E-state index contributed by atoms with van der Waals surface area (Å²) in [5, 5.41) is 0. The molecule has 2 aliphatic rings. The van der Waals surface area contributed by atoms with E-state index < -0.39 is 23.1 Å². The number of rotatable bonds is 7. The van der Waals surface area contributed by atoms with Crippen LogP contribution in [0.3, 0.4) is 0 Å². The first-order chi connectivity index (χ1) is 18.4. The van der Waals surface area contributed by atoms with Gasteiger partial charge in [0.1, 0.15) is 5.60 Å². The Labute approximate surface area is 231 Å². The molecule has 3 rings (SSSR count). The van der Waals surface area contributed by atoms with E-state index in [1.54, 1.807) is 6.20 Å². The number of carbonyl (C=O) groups excluding carboxylic acids is 1. The lowest BCUT2D eigenvalue weighted by molar-refractivity contribution is 0.0168. The van der Waals surface area contributed by atoms with Crippen LogP contribution in [0.15, 0.2) is 59.4 Å². The van der Waals surface area contributed by atoms with Crippen LogP contribution < -0.4 is 0 Å². The predicted octanol–water partition coefficient (Wildman–Crippen LogP) is 7.91. The highest BCUT2D eigenvalue weighted by molar-refractivity contribution is 6.04. The first kappa shape index (κ1) is 31.9. The molecule has 1 amide bonds. The maximum atomic E-state index is 12.4. The van der Waals surface area contributed by atoms with Crippen molar-refractivity contribution in [1.82, 2.24) is 9.80 Å². The number of amides is 1. The van der Waals surface area contributed by atoms with Crippen LogP contribution in [0.2, 0.25) is 0 Å². The van der Waals surface area contributed by atoms with E-state index in [-0.39, 0.29) is 11.7 Å². The van der Waals surface area contributed by atoms with E-state index in [2.05, 4.69) is 49.9 Å². The first-order valence-corrected chi connectivity index (χ1v) is 13.4. The van der Waals surface area contributed by atoms with Crippen LogP contribution in [0, 0.1) is 23.4 Å². The first-order valence-electron chi connectivity index (χ1n) is 13.4. The number of piperazine rings is 1. The largest absolute Gasteiger partial charge is 0.444 e. The van der Waals surface area contributed by atoms with Crippen molar-refractivity contribution in [2.75, 3.05) is 26.2 Å². The summed E-state index contributed by atoms with van der Waals surface area (Å²) in [5.41, 5.74) is 4.81. The van der Waals surface area contributed by atoms with Crippen molar-refractivity contribution in [2.24, 2.45) is 10.9 Å². The minimum absolute atomic E-state index is 0.219. The number of ether oxygens (including phenoxy) is 1. The third kappa shape index (κ3) is 9.15. The van der Waals surface area contributed by atoms with Gasteiger partial charge in [-0.2, -0.15) is 0 Å². The Morgan fingerprint density at radius 3 is 2.03 bits per heavy atom. The second-order valence-corrected chi connectivity index (χ2v) is 10.5. The van der Waals surface area contributed by atoms with Gasteiger partial charge in [-0.05, 0) is 83.1 Å². The van der Waals surface area contributed by atoms with E-state index in [4.69, 9.17) is 4.74 Å². The third-order valence-corrected chi connectivity index (χ3v) is 6.50. The molecular formula is C31H42F3N3O2. The molecule has 0 spiro atoms. The zero-order valence-electron chi connectivity index (χ0n) is 24.1. The molecule has 0 bridgehead atoms. The van der Waals surface area contributed by atoms with Crippen molar-refractivity contribution in [1.29, 1.82) is 0 Å². The van der Waals surface area contributed by atoms with E-state index in [1.807, 2.05) is 25.7 Å². The average molecular weight is 546 g/mol.